The summed E-state index contributed by atoms with van der Waals surface area (Å²) in [6.45, 7) is -6.92. The number of hydrogen-bond acceptors (Lipinski definition) is 4. The number of aliphatic hydroxyl groups is 1. The first-order valence-corrected chi connectivity index (χ1v) is 8.35. The second-order valence-electron chi connectivity index (χ2n) is 6.46. The Hall–Kier alpha value is -2.01. The van der Waals surface area contributed by atoms with Crippen LogP contribution in [-0.4, -0.2) is 42.9 Å². The molecule has 158 valence electrons. The van der Waals surface area contributed by atoms with Crippen LogP contribution in [0.2, 0.25) is 0 Å². The Morgan fingerprint density at radius 1 is 1.21 bits per heavy atom. The number of ether oxygens (including phenoxy) is 2. The Kier molecular flexibility index (Phi) is 7.53. The van der Waals surface area contributed by atoms with Crippen LogP contribution in [0.1, 0.15) is 30.9 Å². The van der Waals surface area contributed by atoms with Crippen molar-refractivity contribution in [3.63, 3.8) is 0 Å². The fourth-order valence-corrected chi connectivity index (χ4v) is 2.89. The van der Waals surface area contributed by atoms with Crippen LogP contribution in [0.4, 0.5) is 26.3 Å². The van der Waals surface area contributed by atoms with E-state index in [1.54, 1.807) is 0 Å². The van der Waals surface area contributed by atoms with E-state index in [4.69, 9.17) is 0 Å². The molecule has 0 aromatic heterocycles. The fourth-order valence-electron chi connectivity index (χ4n) is 2.89. The molecule has 5 nitrogen and oxygen atoms in total. The van der Waals surface area contributed by atoms with E-state index in [2.05, 4.69) is 14.8 Å². The summed E-state index contributed by atoms with van der Waals surface area (Å²) < 4.78 is 83.5. The molecule has 0 heterocycles. The van der Waals surface area contributed by atoms with Gasteiger partial charge in [-0.25, -0.2) is 8.78 Å². The van der Waals surface area contributed by atoms with E-state index in [0.29, 0.717) is 0 Å². The van der Waals surface area contributed by atoms with Gasteiger partial charge in [0.25, 0.3) is 0 Å². The molecule has 1 aromatic rings. The molecule has 0 spiro atoms. The van der Waals surface area contributed by atoms with Crippen molar-refractivity contribution in [2.24, 2.45) is 5.92 Å². The number of halogens is 6. The third kappa shape index (κ3) is 6.86. The van der Waals surface area contributed by atoms with Gasteiger partial charge in [0.1, 0.15) is 5.75 Å². The number of hydrogen-bond donors (Lipinski definition) is 2. The largest absolute Gasteiger partial charge is 0.435 e. The van der Waals surface area contributed by atoms with E-state index in [1.165, 1.54) is 18.2 Å². The standard InChI is InChI=1S/C17H19F6NO4/c18-15(19)27-8-12(9-2-1-3-11(4-9)28-16(20)21)24-14(26)5-13(25)10-6-17(22,23)7-10/h1-4,10,12-13,15-16,25H,5-8H2,(H,24,26)/t12-,13?/m0/s1. The fraction of sp³-hybridized carbons (Fsp3) is 0.588. The van der Waals surface area contributed by atoms with E-state index in [-0.39, 0.29) is 11.3 Å². The van der Waals surface area contributed by atoms with Crippen LogP contribution in [0.15, 0.2) is 24.3 Å². The van der Waals surface area contributed by atoms with Crippen LogP contribution in [0.5, 0.6) is 5.75 Å². The van der Waals surface area contributed by atoms with Gasteiger partial charge in [-0.3, -0.25) is 4.79 Å². The van der Waals surface area contributed by atoms with Crippen LogP contribution in [0.25, 0.3) is 0 Å². The summed E-state index contributed by atoms with van der Waals surface area (Å²) in [6.07, 6.45) is -2.90. The molecule has 1 unspecified atom stereocenters. The van der Waals surface area contributed by atoms with Gasteiger partial charge >= 0.3 is 13.2 Å². The Labute approximate surface area is 156 Å². The number of carbonyl (C=O) groups excluding carboxylic acids is 1. The van der Waals surface area contributed by atoms with E-state index in [9.17, 15) is 36.2 Å². The number of rotatable bonds is 10. The van der Waals surface area contributed by atoms with Crippen molar-refractivity contribution in [2.45, 2.75) is 50.6 Å². The van der Waals surface area contributed by atoms with Gasteiger partial charge < -0.3 is 19.9 Å². The normalized spacial score (nSPS) is 18.6. The monoisotopic (exact) mass is 415 g/mol. The topological polar surface area (TPSA) is 67.8 Å². The summed E-state index contributed by atoms with van der Waals surface area (Å²) in [4.78, 5) is 12.1. The third-order valence-corrected chi connectivity index (χ3v) is 4.27. The van der Waals surface area contributed by atoms with Crippen LogP contribution in [0.3, 0.4) is 0 Å². The van der Waals surface area contributed by atoms with Gasteiger partial charge in [0.05, 0.1) is 25.2 Å². The van der Waals surface area contributed by atoms with Crippen molar-refractivity contribution in [1.82, 2.24) is 5.32 Å². The summed E-state index contributed by atoms with van der Waals surface area (Å²) in [5.74, 6) is -4.63. The first-order chi connectivity index (χ1) is 13.1. The quantitative estimate of drug-likeness (QED) is 0.575. The molecule has 1 aliphatic carbocycles. The van der Waals surface area contributed by atoms with E-state index in [0.717, 1.165) is 6.07 Å². The number of amides is 1. The minimum Gasteiger partial charge on any atom is -0.435 e. The number of nitrogens with one attached hydrogen (secondary N) is 1. The summed E-state index contributed by atoms with van der Waals surface area (Å²) in [6, 6.07) is 3.87. The van der Waals surface area contributed by atoms with Crippen LogP contribution < -0.4 is 10.1 Å². The molecular weight excluding hydrogens is 396 g/mol. The number of carbonyl (C=O) groups is 1. The Bertz CT molecular complexity index is 652. The lowest BCUT2D eigenvalue weighted by atomic mass is 9.76. The first kappa shape index (κ1) is 22.3. The van der Waals surface area contributed by atoms with Gasteiger partial charge in [-0.1, -0.05) is 12.1 Å². The number of aliphatic hydroxyl groups excluding tert-OH is 1. The molecule has 1 fully saturated rings. The van der Waals surface area contributed by atoms with Gasteiger partial charge in [-0.05, 0) is 23.6 Å². The highest BCUT2D eigenvalue weighted by atomic mass is 19.3. The summed E-state index contributed by atoms with van der Waals surface area (Å²) in [5, 5.41) is 12.2. The SMILES string of the molecule is O=C(CC(O)C1CC(F)(F)C1)N[C@@H](COC(F)F)c1cccc(OC(F)F)c1. The van der Waals surface area contributed by atoms with Crippen molar-refractivity contribution in [3.8, 4) is 5.75 Å². The molecule has 0 bridgehead atoms. The average molecular weight is 415 g/mol. The second kappa shape index (κ2) is 9.46. The van der Waals surface area contributed by atoms with Crippen molar-refractivity contribution in [2.75, 3.05) is 6.61 Å². The summed E-state index contributed by atoms with van der Waals surface area (Å²) >= 11 is 0. The molecule has 1 amide bonds. The highest BCUT2D eigenvalue weighted by Crippen LogP contribution is 2.44. The predicted molar refractivity (Wildman–Crippen MR) is 84.2 cm³/mol. The third-order valence-electron chi connectivity index (χ3n) is 4.27. The van der Waals surface area contributed by atoms with Gasteiger partial charge in [0.2, 0.25) is 11.8 Å². The van der Waals surface area contributed by atoms with E-state index in [1.807, 2.05) is 0 Å². The van der Waals surface area contributed by atoms with Gasteiger partial charge in [0, 0.05) is 12.8 Å². The zero-order valence-corrected chi connectivity index (χ0v) is 14.5. The molecule has 11 heteroatoms. The van der Waals surface area contributed by atoms with Crippen molar-refractivity contribution < 1.29 is 45.7 Å². The Morgan fingerprint density at radius 3 is 2.46 bits per heavy atom. The summed E-state index contributed by atoms with van der Waals surface area (Å²) in [5.41, 5.74) is 0.150. The van der Waals surface area contributed by atoms with Crippen LogP contribution in [0, 0.1) is 5.92 Å². The number of alkyl halides is 6. The smallest absolute Gasteiger partial charge is 0.387 e. The summed E-state index contributed by atoms with van der Waals surface area (Å²) in [7, 11) is 0. The average Bonchev–Trinajstić information content (AvgIpc) is 2.55. The van der Waals surface area contributed by atoms with Crippen LogP contribution >= 0.6 is 0 Å². The second-order valence-corrected chi connectivity index (χ2v) is 6.46. The molecule has 1 saturated carbocycles. The number of benzene rings is 1. The molecule has 0 radical (unpaired) electrons. The van der Waals surface area contributed by atoms with Gasteiger partial charge in [0.15, 0.2) is 0 Å². The highest BCUT2D eigenvalue weighted by molar-refractivity contribution is 5.77. The van der Waals surface area contributed by atoms with E-state index >= 15 is 0 Å². The molecular formula is C17H19F6NO4. The van der Waals surface area contributed by atoms with Crippen LogP contribution in [-0.2, 0) is 9.53 Å². The molecule has 2 atom stereocenters. The lowest BCUT2D eigenvalue weighted by molar-refractivity contribution is -0.150. The molecule has 2 rings (SSSR count). The van der Waals surface area contributed by atoms with Gasteiger partial charge in [-0.2, -0.15) is 17.6 Å². The maximum atomic E-state index is 12.9. The molecule has 1 aromatic carbocycles. The zero-order chi connectivity index (χ0) is 20.9. The van der Waals surface area contributed by atoms with Crippen molar-refractivity contribution >= 4 is 5.91 Å². The zero-order valence-electron chi connectivity index (χ0n) is 14.5. The Morgan fingerprint density at radius 2 is 1.89 bits per heavy atom. The maximum Gasteiger partial charge on any atom is 0.387 e. The highest BCUT2D eigenvalue weighted by Gasteiger charge is 2.48. The molecule has 0 aliphatic heterocycles. The first-order valence-electron chi connectivity index (χ1n) is 8.35. The molecule has 28 heavy (non-hydrogen) atoms. The Balaban J connectivity index is 2.01. The molecule has 1 aliphatic rings. The van der Waals surface area contributed by atoms with Crippen molar-refractivity contribution in [3.05, 3.63) is 29.8 Å². The minimum absolute atomic E-state index is 0.150. The molecule has 2 N–H and O–H groups in total. The lowest BCUT2D eigenvalue weighted by Crippen LogP contribution is -2.44. The lowest BCUT2D eigenvalue weighted by Gasteiger charge is -2.37. The molecule has 0 saturated heterocycles. The van der Waals surface area contributed by atoms with E-state index < -0.39 is 69.0 Å². The maximum absolute atomic E-state index is 12.9. The minimum atomic E-state index is -3.14. The van der Waals surface area contributed by atoms with Gasteiger partial charge in [-0.15, -0.1) is 0 Å². The predicted octanol–water partition coefficient (Wildman–Crippen LogP) is 3.48. The van der Waals surface area contributed by atoms with Crippen molar-refractivity contribution in [1.29, 1.82) is 0 Å².